The Bertz CT molecular complexity index is 325. The molecular formula is C10H15N3OS. The molecular weight excluding hydrogens is 210 g/mol. The van der Waals surface area contributed by atoms with Crippen LogP contribution in [0.5, 0.6) is 0 Å². The van der Waals surface area contributed by atoms with E-state index in [0.717, 1.165) is 31.7 Å². The summed E-state index contributed by atoms with van der Waals surface area (Å²) in [6, 6.07) is 0. The smallest absolute Gasteiger partial charge is 0.145 e. The molecule has 1 aliphatic heterocycles. The van der Waals surface area contributed by atoms with E-state index in [2.05, 4.69) is 15.3 Å². The number of hydrogen-bond donors (Lipinski definition) is 1. The molecule has 0 spiro atoms. The molecule has 2 rings (SSSR count). The summed E-state index contributed by atoms with van der Waals surface area (Å²) in [6.45, 7) is 2.09. The Hall–Kier alpha value is -0.810. The van der Waals surface area contributed by atoms with Crippen molar-refractivity contribution in [3.8, 4) is 0 Å². The van der Waals surface area contributed by atoms with Crippen molar-refractivity contribution in [1.82, 2.24) is 15.3 Å². The Balaban J connectivity index is 1.91. The maximum Gasteiger partial charge on any atom is 0.145 e. The highest BCUT2D eigenvalue weighted by atomic mass is 32.2. The molecule has 1 saturated heterocycles. The number of hydrogen-bond acceptors (Lipinski definition) is 4. The summed E-state index contributed by atoms with van der Waals surface area (Å²) in [5.74, 6) is 1.29. The standard InChI is InChI=1S/C10H15N3OS/c14-15(10-7-12-5-6-13-10)8-9-1-3-11-4-2-9/h5-7,9,11H,1-4,8H2/t15-/m0/s1. The first kappa shape index (κ1) is 10.7. The SMILES string of the molecule is O=[S@@](CC1CCNCC1)c1cnccn1. The van der Waals surface area contributed by atoms with E-state index in [9.17, 15) is 4.21 Å². The van der Waals surface area contributed by atoms with Gasteiger partial charge in [-0.15, -0.1) is 0 Å². The van der Waals surface area contributed by atoms with Gasteiger partial charge in [0.2, 0.25) is 0 Å². The highest BCUT2D eigenvalue weighted by Crippen LogP contribution is 2.15. The van der Waals surface area contributed by atoms with Crippen LogP contribution in [0.1, 0.15) is 12.8 Å². The molecule has 15 heavy (non-hydrogen) atoms. The monoisotopic (exact) mass is 225 g/mol. The zero-order valence-electron chi connectivity index (χ0n) is 8.56. The van der Waals surface area contributed by atoms with Crippen LogP contribution in [0.25, 0.3) is 0 Å². The lowest BCUT2D eigenvalue weighted by Crippen LogP contribution is -2.30. The van der Waals surface area contributed by atoms with Gasteiger partial charge in [-0.05, 0) is 31.8 Å². The molecule has 0 aliphatic carbocycles. The van der Waals surface area contributed by atoms with Crippen molar-refractivity contribution in [3.05, 3.63) is 18.6 Å². The van der Waals surface area contributed by atoms with Crippen molar-refractivity contribution in [2.75, 3.05) is 18.8 Å². The summed E-state index contributed by atoms with van der Waals surface area (Å²) in [4.78, 5) is 8.00. The van der Waals surface area contributed by atoms with E-state index >= 15 is 0 Å². The highest BCUT2D eigenvalue weighted by Gasteiger charge is 2.17. The fourth-order valence-electron chi connectivity index (χ4n) is 1.75. The third-order valence-corrected chi connectivity index (χ3v) is 4.07. The van der Waals surface area contributed by atoms with Gasteiger partial charge in [0.1, 0.15) is 5.03 Å². The van der Waals surface area contributed by atoms with Gasteiger partial charge in [0.25, 0.3) is 0 Å². The summed E-state index contributed by atoms with van der Waals surface area (Å²) in [6.07, 6.45) is 7.02. The van der Waals surface area contributed by atoms with Gasteiger partial charge in [0.05, 0.1) is 17.0 Å². The van der Waals surface area contributed by atoms with E-state index in [1.165, 1.54) is 0 Å². The second-order valence-electron chi connectivity index (χ2n) is 3.75. The van der Waals surface area contributed by atoms with Crippen molar-refractivity contribution in [2.24, 2.45) is 5.92 Å². The molecule has 2 heterocycles. The van der Waals surface area contributed by atoms with Gasteiger partial charge in [-0.3, -0.25) is 9.19 Å². The van der Waals surface area contributed by atoms with Crippen molar-refractivity contribution in [3.63, 3.8) is 0 Å². The first-order valence-corrected chi connectivity index (χ1v) is 6.53. The molecule has 82 valence electrons. The molecule has 1 aromatic heterocycles. The van der Waals surface area contributed by atoms with Crippen LogP contribution in [0.3, 0.4) is 0 Å². The van der Waals surface area contributed by atoms with Crippen molar-refractivity contribution in [2.45, 2.75) is 17.9 Å². The van der Waals surface area contributed by atoms with Crippen LogP contribution in [0.2, 0.25) is 0 Å². The normalized spacial score (nSPS) is 20.0. The fourth-order valence-corrected chi connectivity index (χ4v) is 3.04. The second kappa shape index (κ2) is 5.32. The molecule has 0 amide bonds. The number of nitrogens with zero attached hydrogens (tertiary/aromatic N) is 2. The molecule has 0 saturated carbocycles. The van der Waals surface area contributed by atoms with E-state index < -0.39 is 10.8 Å². The molecule has 4 nitrogen and oxygen atoms in total. The molecule has 1 fully saturated rings. The van der Waals surface area contributed by atoms with Gasteiger partial charge >= 0.3 is 0 Å². The quantitative estimate of drug-likeness (QED) is 0.817. The van der Waals surface area contributed by atoms with E-state index in [0.29, 0.717) is 10.9 Å². The van der Waals surface area contributed by atoms with Gasteiger partial charge in [-0.1, -0.05) is 0 Å². The number of rotatable bonds is 3. The first-order valence-electron chi connectivity index (χ1n) is 5.21. The molecule has 1 N–H and O–H groups in total. The average Bonchev–Trinajstić information content (AvgIpc) is 2.31. The van der Waals surface area contributed by atoms with Crippen molar-refractivity contribution >= 4 is 10.8 Å². The Kier molecular flexibility index (Phi) is 3.80. The minimum atomic E-state index is -0.982. The topological polar surface area (TPSA) is 54.9 Å². The average molecular weight is 225 g/mol. The van der Waals surface area contributed by atoms with Gasteiger partial charge < -0.3 is 5.32 Å². The fraction of sp³-hybridized carbons (Fsp3) is 0.600. The summed E-state index contributed by atoms with van der Waals surface area (Å²) in [5, 5.41) is 3.91. The van der Waals surface area contributed by atoms with Crippen molar-refractivity contribution < 1.29 is 4.21 Å². The van der Waals surface area contributed by atoms with Crippen LogP contribution < -0.4 is 5.32 Å². The molecule has 1 aliphatic rings. The van der Waals surface area contributed by atoms with Gasteiger partial charge in [-0.25, -0.2) is 4.98 Å². The zero-order valence-corrected chi connectivity index (χ0v) is 9.37. The van der Waals surface area contributed by atoms with Crippen molar-refractivity contribution in [1.29, 1.82) is 0 Å². The Morgan fingerprint density at radius 3 is 2.87 bits per heavy atom. The molecule has 0 radical (unpaired) electrons. The molecule has 1 atom stereocenters. The summed E-state index contributed by atoms with van der Waals surface area (Å²) in [5.41, 5.74) is 0. The minimum Gasteiger partial charge on any atom is -0.317 e. The van der Waals surface area contributed by atoms with Gasteiger partial charge in [0.15, 0.2) is 0 Å². The lowest BCUT2D eigenvalue weighted by Gasteiger charge is -2.21. The summed E-state index contributed by atoms with van der Waals surface area (Å²) >= 11 is 0. The predicted octanol–water partition coefficient (Wildman–Crippen LogP) is 0.584. The molecule has 5 heteroatoms. The lowest BCUT2D eigenvalue weighted by molar-refractivity contribution is 0.405. The molecule has 1 aromatic rings. The number of aromatic nitrogens is 2. The Morgan fingerprint density at radius 2 is 2.20 bits per heavy atom. The second-order valence-corrected chi connectivity index (χ2v) is 5.19. The van der Waals surface area contributed by atoms with Crippen LogP contribution >= 0.6 is 0 Å². The highest BCUT2D eigenvalue weighted by molar-refractivity contribution is 7.84. The predicted molar refractivity (Wildman–Crippen MR) is 58.9 cm³/mol. The van der Waals surface area contributed by atoms with Crippen LogP contribution in [0.15, 0.2) is 23.6 Å². The maximum atomic E-state index is 11.9. The Labute approximate surface area is 92.0 Å². The molecule has 0 bridgehead atoms. The summed E-state index contributed by atoms with van der Waals surface area (Å²) in [7, 11) is -0.982. The Morgan fingerprint density at radius 1 is 1.40 bits per heavy atom. The van der Waals surface area contributed by atoms with Crippen LogP contribution in [-0.4, -0.2) is 33.0 Å². The van der Waals surface area contributed by atoms with Crippen LogP contribution in [0, 0.1) is 5.92 Å². The molecule has 0 unspecified atom stereocenters. The van der Waals surface area contributed by atoms with E-state index in [1.54, 1.807) is 18.6 Å². The van der Waals surface area contributed by atoms with E-state index in [4.69, 9.17) is 0 Å². The third kappa shape index (κ3) is 3.07. The van der Waals surface area contributed by atoms with Crippen LogP contribution in [0.4, 0.5) is 0 Å². The lowest BCUT2D eigenvalue weighted by atomic mass is 10.0. The number of piperidine rings is 1. The number of nitrogens with one attached hydrogen (secondary N) is 1. The minimum absolute atomic E-state index is 0.564. The van der Waals surface area contributed by atoms with E-state index in [1.807, 2.05) is 0 Å². The van der Waals surface area contributed by atoms with Gasteiger partial charge in [0, 0.05) is 18.1 Å². The largest absolute Gasteiger partial charge is 0.317 e. The van der Waals surface area contributed by atoms with E-state index in [-0.39, 0.29) is 0 Å². The van der Waals surface area contributed by atoms with Gasteiger partial charge in [-0.2, -0.15) is 0 Å². The zero-order chi connectivity index (χ0) is 10.5. The third-order valence-electron chi connectivity index (χ3n) is 2.62. The molecule has 0 aromatic carbocycles. The maximum absolute atomic E-state index is 11.9. The first-order chi connectivity index (χ1) is 7.36. The summed E-state index contributed by atoms with van der Waals surface area (Å²) < 4.78 is 11.9. The van der Waals surface area contributed by atoms with Crippen LogP contribution in [-0.2, 0) is 10.8 Å².